The van der Waals surface area contributed by atoms with Crippen LogP contribution in [0.4, 0.5) is 5.69 Å². The number of rotatable bonds is 6. The molecule has 4 nitrogen and oxygen atoms in total. The van der Waals surface area contributed by atoms with E-state index < -0.39 is 6.10 Å². The second kappa shape index (κ2) is 7.68. The van der Waals surface area contributed by atoms with Crippen molar-refractivity contribution in [3.8, 4) is 11.5 Å². The van der Waals surface area contributed by atoms with Gasteiger partial charge in [-0.25, -0.2) is 0 Å². The molecule has 2 rings (SSSR count). The largest absolute Gasteiger partial charge is 0.497 e. The predicted octanol–water partition coefficient (Wildman–Crippen LogP) is 4.22. The van der Waals surface area contributed by atoms with Crippen LogP contribution < -0.4 is 14.8 Å². The number of benzene rings is 2. The molecule has 23 heavy (non-hydrogen) atoms. The Bertz CT molecular complexity index is 667. The molecule has 1 atom stereocenters. The van der Waals surface area contributed by atoms with E-state index in [0.717, 1.165) is 11.3 Å². The van der Waals surface area contributed by atoms with Gasteiger partial charge in [0.05, 0.1) is 7.11 Å². The summed E-state index contributed by atoms with van der Waals surface area (Å²) in [5.41, 5.74) is 1.77. The maximum absolute atomic E-state index is 12.3. The molecule has 0 heterocycles. The first-order valence-corrected chi connectivity index (χ1v) is 7.71. The Morgan fingerprint density at radius 2 is 1.78 bits per heavy atom. The monoisotopic (exact) mass is 313 g/mol. The van der Waals surface area contributed by atoms with Crippen LogP contribution >= 0.6 is 0 Å². The molecule has 0 aromatic heterocycles. The van der Waals surface area contributed by atoms with Crippen molar-refractivity contribution < 1.29 is 14.3 Å². The average molecular weight is 313 g/mol. The topological polar surface area (TPSA) is 47.6 Å². The second-order valence-corrected chi connectivity index (χ2v) is 5.67. The van der Waals surface area contributed by atoms with E-state index in [0.29, 0.717) is 17.4 Å². The number of hydrogen-bond donors (Lipinski definition) is 1. The summed E-state index contributed by atoms with van der Waals surface area (Å²) >= 11 is 0. The first-order chi connectivity index (χ1) is 11.0. The third-order valence-corrected chi connectivity index (χ3v) is 3.55. The zero-order valence-corrected chi connectivity index (χ0v) is 14.0. The van der Waals surface area contributed by atoms with Crippen LogP contribution in [0.15, 0.2) is 48.5 Å². The number of methoxy groups -OCH3 is 1. The van der Waals surface area contributed by atoms with Gasteiger partial charge in [-0.1, -0.05) is 38.1 Å². The van der Waals surface area contributed by atoms with Crippen LogP contribution in [0.1, 0.15) is 32.3 Å². The van der Waals surface area contributed by atoms with Gasteiger partial charge >= 0.3 is 0 Å². The highest BCUT2D eigenvalue weighted by molar-refractivity contribution is 5.94. The Hall–Kier alpha value is -2.49. The van der Waals surface area contributed by atoms with Crippen molar-refractivity contribution in [2.24, 2.45) is 0 Å². The minimum absolute atomic E-state index is 0.197. The molecule has 1 amide bonds. The molecule has 1 N–H and O–H groups in total. The lowest BCUT2D eigenvalue weighted by Crippen LogP contribution is -2.30. The lowest BCUT2D eigenvalue weighted by molar-refractivity contribution is -0.122. The number of carbonyl (C=O) groups is 1. The summed E-state index contributed by atoms with van der Waals surface area (Å²) in [4.78, 5) is 12.3. The SMILES string of the molecule is COc1cccc(NC(=O)[C@H](C)Oc2ccccc2C(C)C)c1. The number of para-hydroxylation sites is 1. The first kappa shape index (κ1) is 16.9. The van der Waals surface area contributed by atoms with E-state index in [-0.39, 0.29) is 5.91 Å². The Morgan fingerprint density at radius 1 is 1.04 bits per heavy atom. The fourth-order valence-electron chi connectivity index (χ4n) is 2.25. The van der Waals surface area contributed by atoms with Gasteiger partial charge in [0.1, 0.15) is 11.5 Å². The highest BCUT2D eigenvalue weighted by Crippen LogP contribution is 2.27. The van der Waals surface area contributed by atoms with E-state index in [4.69, 9.17) is 9.47 Å². The molecule has 122 valence electrons. The highest BCUT2D eigenvalue weighted by atomic mass is 16.5. The van der Waals surface area contributed by atoms with E-state index >= 15 is 0 Å². The normalized spacial score (nSPS) is 11.9. The Balaban J connectivity index is 2.05. The van der Waals surface area contributed by atoms with Crippen molar-refractivity contribution in [3.05, 3.63) is 54.1 Å². The Morgan fingerprint density at radius 3 is 2.48 bits per heavy atom. The van der Waals surface area contributed by atoms with Gasteiger partial charge in [-0.3, -0.25) is 4.79 Å². The van der Waals surface area contributed by atoms with E-state index in [2.05, 4.69) is 19.2 Å². The van der Waals surface area contributed by atoms with E-state index in [1.807, 2.05) is 42.5 Å². The van der Waals surface area contributed by atoms with Crippen LogP contribution in [-0.4, -0.2) is 19.1 Å². The zero-order chi connectivity index (χ0) is 16.8. The quantitative estimate of drug-likeness (QED) is 0.868. The molecule has 0 unspecified atom stereocenters. The Labute approximate surface area is 137 Å². The van der Waals surface area contributed by atoms with E-state index in [1.165, 1.54) is 0 Å². The molecular weight excluding hydrogens is 290 g/mol. The van der Waals surface area contributed by atoms with Crippen LogP contribution in [0.2, 0.25) is 0 Å². The van der Waals surface area contributed by atoms with Crippen molar-refractivity contribution in [2.45, 2.75) is 32.8 Å². The van der Waals surface area contributed by atoms with Crippen molar-refractivity contribution in [1.29, 1.82) is 0 Å². The number of ether oxygens (including phenoxy) is 2. The molecule has 0 radical (unpaired) electrons. The third-order valence-electron chi connectivity index (χ3n) is 3.55. The highest BCUT2D eigenvalue weighted by Gasteiger charge is 2.17. The molecule has 0 bridgehead atoms. The lowest BCUT2D eigenvalue weighted by atomic mass is 10.0. The van der Waals surface area contributed by atoms with Gasteiger partial charge in [-0.05, 0) is 36.6 Å². The van der Waals surface area contributed by atoms with E-state index in [9.17, 15) is 4.79 Å². The molecule has 4 heteroatoms. The fraction of sp³-hybridized carbons (Fsp3) is 0.316. The second-order valence-electron chi connectivity index (χ2n) is 5.67. The van der Waals surface area contributed by atoms with Crippen LogP contribution in [0.25, 0.3) is 0 Å². The van der Waals surface area contributed by atoms with E-state index in [1.54, 1.807) is 20.1 Å². The maximum Gasteiger partial charge on any atom is 0.265 e. The number of nitrogens with one attached hydrogen (secondary N) is 1. The van der Waals surface area contributed by atoms with Crippen LogP contribution in [-0.2, 0) is 4.79 Å². The summed E-state index contributed by atoms with van der Waals surface area (Å²) in [5.74, 6) is 1.58. The molecule has 0 aliphatic carbocycles. The molecule has 0 fully saturated rings. The smallest absolute Gasteiger partial charge is 0.265 e. The van der Waals surface area contributed by atoms with Crippen LogP contribution in [0, 0.1) is 0 Å². The third kappa shape index (κ3) is 4.49. The summed E-state index contributed by atoms with van der Waals surface area (Å²) < 4.78 is 11.0. The molecule has 0 aliphatic rings. The minimum atomic E-state index is -0.596. The van der Waals surface area contributed by atoms with Gasteiger partial charge in [0.15, 0.2) is 6.10 Å². The molecule has 0 saturated carbocycles. The van der Waals surface area contributed by atoms with Gasteiger partial charge in [0, 0.05) is 11.8 Å². The lowest BCUT2D eigenvalue weighted by Gasteiger charge is -2.18. The van der Waals surface area contributed by atoms with Gasteiger partial charge in [-0.2, -0.15) is 0 Å². The van der Waals surface area contributed by atoms with Gasteiger partial charge in [0.25, 0.3) is 5.91 Å². The molecule has 2 aromatic carbocycles. The van der Waals surface area contributed by atoms with Crippen molar-refractivity contribution in [2.75, 3.05) is 12.4 Å². The van der Waals surface area contributed by atoms with Crippen LogP contribution in [0.5, 0.6) is 11.5 Å². The minimum Gasteiger partial charge on any atom is -0.497 e. The molecular formula is C19H23NO3. The summed E-state index contributed by atoms with van der Waals surface area (Å²) in [6.45, 7) is 5.94. The van der Waals surface area contributed by atoms with Crippen molar-refractivity contribution >= 4 is 11.6 Å². The fourth-order valence-corrected chi connectivity index (χ4v) is 2.25. The van der Waals surface area contributed by atoms with Gasteiger partial charge in [0.2, 0.25) is 0 Å². The summed E-state index contributed by atoms with van der Waals surface area (Å²) in [5, 5.41) is 2.84. The number of carbonyl (C=O) groups excluding carboxylic acids is 1. The first-order valence-electron chi connectivity index (χ1n) is 7.71. The molecule has 2 aromatic rings. The van der Waals surface area contributed by atoms with Crippen molar-refractivity contribution in [3.63, 3.8) is 0 Å². The molecule has 0 aliphatic heterocycles. The number of hydrogen-bond acceptors (Lipinski definition) is 3. The zero-order valence-electron chi connectivity index (χ0n) is 14.0. The summed E-state index contributed by atoms with van der Waals surface area (Å²) in [7, 11) is 1.59. The van der Waals surface area contributed by atoms with Gasteiger partial charge in [-0.15, -0.1) is 0 Å². The Kier molecular flexibility index (Phi) is 5.63. The van der Waals surface area contributed by atoms with Crippen LogP contribution in [0.3, 0.4) is 0 Å². The maximum atomic E-state index is 12.3. The number of anilines is 1. The number of amides is 1. The average Bonchev–Trinajstić information content (AvgIpc) is 2.55. The molecule has 0 spiro atoms. The van der Waals surface area contributed by atoms with Gasteiger partial charge < -0.3 is 14.8 Å². The molecule has 0 saturated heterocycles. The summed E-state index contributed by atoms with van der Waals surface area (Å²) in [6, 6.07) is 15.0. The van der Waals surface area contributed by atoms with Crippen molar-refractivity contribution in [1.82, 2.24) is 0 Å². The standard InChI is InChI=1S/C19H23NO3/c1-13(2)17-10-5-6-11-18(17)23-14(3)19(21)20-15-8-7-9-16(12-15)22-4/h5-14H,1-4H3,(H,20,21)/t14-/m0/s1. The predicted molar refractivity (Wildman–Crippen MR) is 92.2 cm³/mol. The summed E-state index contributed by atoms with van der Waals surface area (Å²) in [6.07, 6.45) is -0.596.